The molecule has 0 fully saturated rings. The van der Waals surface area contributed by atoms with Crippen molar-refractivity contribution < 1.29 is 0 Å². The Balaban J connectivity index is 3.17. The fraction of sp³-hybridized carbons (Fsp3) is 0.538. The molecule has 0 aliphatic rings. The van der Waals surface area contributed by atoms with E-state index in [1.807, 2.05) is 19.1 Å². The van der Waals surface area contributed by atoms with Gasteiger partial charge in [0.1, 0.15) is 11.9 Å². The van der Waals surface area contributed by atoms with Crippen LogP contribution in [0.15, 0.2) is 12.1 Å². The predicted octanol–water partition coefficient (Wildman–Crippen LogP) is 2.89. The van der Waals surface area contributed by atoms with E-state index in [1.165, 1.54) is 0 Å². The second kappa shape index (κ2) is 5.50. The number of hydrogen-bond donors (Lipinski definition) is 0. The molecule has 0 spiro atoms. The standard InChI is InChI=1S/C13H19N3/c1-5-8-16(10(2)3)13-12(9-14)7-6-11(4)15-13/h6-7,10H,5,8H2,1-4H3. The molecule has 0 bridgehead atoms. The third-order valence-electron chi connectivity index (χ3n) is 2.49. The van der Waals surface area contributed by atoms with Gasteiger partial charge in [-0.2, -0.15) is 5.26 Å². The Morgan fingerprint density at radius 3 is 2.62 bits per heavy atom. The predicted molar refractivity (Wildman–Crippen MR) is 66.5 cm³/mol. The first-order valence-electron chi connectivity index (χ1n) is 5.74. The van der Waals surface area contributed by atoms with Crippen molar-refractivity contribution in [1.29, 1.82) is 5.26 Å². The summed E-state index contributed by atoms with van der Waals surface area (Å²) >= 11 is 0. The molecule has 0 atom stereocenters. The Morgan fingerprint density at radius 2 is 2.12 bits per heavy atom. The van der Waals surface area contributed by atoms with Gasteiger partial charge in [0, 0.05) is 18.3 Å². The summed E-state index contributed by atoms with van der Waals surface area (Å²) in [5, 5.41) is 9.09. The summed E-state index contributed by atoms with van der Waals surface area (Å²) in [6.07, 6.45) is 1.05. The van der Waals surface area contributed by atoms with E-state index in [2.05, 4.69) is 36.7 Å². The van der Waals surface area contributed by atoms with Gasteiger partial charge in [-0.1, -0.05) is 6.92 Å². The molecular weight excluding hydrogens is 198 g/mol. The van der Waals surface area contributed by atoms with Crippen molar-refractivity contribution in [3.05, 3.63) is 23.4 Å². The minimum atomic E-state index is 0.362. The topological polar surface area (TPSA) is 39.9 Å². The molecular formula is C13H19N3. The molecule has 1 rings (SSSR count). The van der Waals surface area contributed by atoms with E-state index in [0.29, 0.717) is 11.6 Å². The molecule has 1 aromatic rings. The van der Waals surface area contributed by atoms with Gasteiger partial charge in [-0.05, 0) is 39.3 Å². The zero-order valence-corrected chi connectivity index (χ0v) is 10.5. The highest BCUT2D eigenvalue weighted by molar-refractivity contribution is 5.54. The van der Waals surface area contributed by atoms with Gasteiger partial charge in [-0.25, -0.2) is 4.98 Å². The second-order valence-electron chi connectivity index (χ2n) is 4.22. The van der Waals surface area contributed by atoms with Crippen molar-refractivity contribution in [2.75, 3.05) is 11.4 Å². The maximum atomic E-state index is 9.09. The van der Waals surface area contributed by atoms with E-state index in [1.54, 1.807) is 0 Å². The van der Waals surface area contributed by atoms with Gasteiger partial charge in [-0.3, -0.25) is 0 Å². The zero-order chi connectivity index (χ0) is 12.1. The van der Waals surface area contributed by atoms with Gasteiger partial charge in [0.25, 0.3) is 0 Å². The summed E-state index contributed by atoms with van der Waals surface area (Å²) in [5.74, 6) is 0.819. The van der Waals surface area contributed by atoms with Crippen molar-refractivity contribution in [2.45, 2.75) is 40.2 Å². The molecule has 1 aromatic heterocycles. The van der Waals surface area contributed by atoms with Gasteiger partial charge in [0.2, 0.25) is 0 Å². The zero-order valence-electron chi connectivity index (χ0n) is 10.5. The van der Waals surface area contributed by atoms with Crippen molar-refractivity contribution in [3.63, 3.8) is 0 Å². The molecule has 0 saturated heterocycles. The molecule has 0 aliphatic heterocycles. The summed E-state index contributed by atoms with van der Waals surface area (Å²) in [6, 6.07) is 6.31. The lowest BCUT2D eigenvalue weighted by atomic mass is 10.2. The molecule has 1 heterocycles. The first-order chi connectivity index (χ1) is 7.60. The van der Waals surface area contributed by atoms with Crippen LogP contribution >= 0.6 is 0 Å². The van der Waals surface area contributed by atoms with Gasteiger partial charge in [0.15, 0.2) is 0 Å². The fourth-order valence-electron chi connectivity index (χ4n) is 1.70. The minimum Gasteiger partial charge on any atom is -0.353 e. The number of pyridine rings is 1. The molecule has 0 amide bonds. The highest BCUT2D eigenvalue weighted by Gasteiger charge is 2.15. The first kappa shape index (κ1) is 12.5. The van der Waals surface area contributed by atoms with E-state index >= 15 is 0 Å². The minimum absolute atomic E-state index is 0.362. The highest BCUT2D eigenvalue weighted by Crippen LogP contribution is 2.20. The number of rotatable bonds is 4. The summed E-state index contributed by atoms with van der Waals surface area (Å²) in [6.45, 7) is 9.27. The summed E-state index contributed by atoms with van der Waals surface area (Å²) < 4.78 is 0. The molecule has 0 aliphatic carbocycles. The summed E-state index contributed by atoms with van der Waals surface area (Å²) in [7, 11) is 0. The average Bonchev–Trinajstić information content (AvgIpc) is 2.25. The Bertz CT molecular complexity index is 391. The lowest BCUT2D eigenvalue weighted by molar-refractivity contribution is 0.660. The van der Waals surface area contributed by atoms with Crippen LogP contribution in [0.4, 0.5) is 5.82 Å². The fourth-order valence-corrected chi connectivity index (χ4v) is 1.70. The van der Waals surface area contributed by atoms with E-state index in [-0.39, 0.29) is 0 Å². The molecule has 0 saturated carbocycles. The van der Waals surface area contributed by atoms with Crippen LogP contribution in [0.5, 0.6) is 0 Å². The largest absolute Gasteiger partial charge is 0.353 e. The van der Waals surface area contributed by atoms with E-state index in [9.17, 15) is 0 Å². The van der Waals surface area contributed by atoms with E-state index in [4.69, 9.17) is 5.26 Å². The first-order valence-corrected chi connectivity index (χ1v) is 5.74. The number of anilines is 1. The van der Waals surface area contributed by atoms with Crippen molar-refractivity contribution in [1.82, 2.24) is 4.98 Å². The number of aryl methyl sites for hydroxylation is 1. The molecule has 0 radical (unpaired) electrons. The van der Waals surface area contributed by atoms with E-state index in [0.717, 1.165) is 24.5 Å². The lowest BCUT2D eigenvalue weighted by Gasteiger charge is -2.28. The molecule has 3 nitrogen and oxygen atoms in total. The van der Waals surface area contributed by atoms with Crippen LogP contribution in [0.25, 0.3) is 0 Å². The highest BCUT2D eigenvalue weighted by atomic mass is 15.2. The number of nitrogens with zero attached hydrogens (tertiary/aromatic N) is 3. The van der Waals surface area contributed by atoms with Crippen LogP contribution in [-0.4, -0.2) is 17.6 Å². The van der Waals surface area contributed by atoms with Crippen molar-refractivity contribution >= 4 is 5.82 Å². The summed E-state index contributed by atoms with van der Waals surface area (Å²) in [4.78, 5) is 6.67. The number of hydrogen-bond acceptors (Lipinski definition) is 3. The Morgan fingerprint density at radius 1 is 1.44 bits per heavy atom. The molecule has 0 N–H and O–H groups in total. The molecule has 0 aromatic carbocycles. The Kier molecular flexibility index (Phi) is 4.30. The monoisotopic (exact) mass is 217 g/mol. The molecule has 86 valence electrons. The average molecular weight is 217 g/mol. The van der Waals surface area contributed by atoms with Crippen LogP contribution in [-0.2, 0) is 0 Å². The SMILES string of the molecule is CCCN(c1nc(C)ccc1C#N)C(C)C. The molecule has 0 unspecified atom stereocenters. The Hall–Kier alpha value is -1.56. The van der Waals surface area contributed by atoms with Crippen molar-refractivity contribution in [2.24, 2.45) is 0 Å². The van der Waals surface area contributed by atoms with Crippen LogP contribution in [0.1, 0.15) is 38.4 Å². The van der Waals surface area contributed by atoms with Crippen LogP contribution in [0.2, 0.25) is 0 Å². The van der Waals surface area contributed by atoms with Gasteiger partial charge in [0.05, 0.1) is 5.56 Å². The molecule has 3 heteroatoms. The van der Waals surface area contributed by atoms with Gasteiger partial charge < -0.3 is 4.90 Å². The lowest BCUT2D eigenvalue weighted by Crippen LogP contribution is -2.33. The number of aromatic nitrogens is 1. The van der Waals surface area contributed by atoms with Crippen molar-refractivity contribution in [3.8, 4) is 6.07 Å². The maximum Gasteiger partial charge on any atom is 0.147 e. The van der Waals surface area contributed by atoms with Crippen LogP contribution < -0.4 is 4.90 Å². The maximum absolute atomic E-state index is 9.09. The Labute approximate surface area is 97.7 Å². The van der Waals surface area contributed by atoms with E-state index < -0.39 is 0 Å². The van der Waals surface area contributed by atoms with Gasteiger partial charge in [-0.15, -0.1) is 0 Å². The van der Waals surface area contributed by atoms with Gasteiger partial charge >= 0.3 is 0 Å². The third kappa shape index (κ3) is 2.73. The second-order valence-corrected chi connectivity index (χ2v) is 4.22. The number of nitriles is 1. The van der Waals surface area contributed by atoms with Crippen LogP contribution in [0.3, 0.4) is 0 Å². The normalized spacial score (nSPS) is 10.2. The smallest absolute Gasteiger partial charge is 0.147 e. The van der Waals surface area contributed by atoms with Crippen LogP contribution in [0, 0.1) is 18.3 Å². The summed E-state index contributed by atoms with van der Waals surface area (Å²) in [5.41, 5.74) is 1.61. The molecule has 16 heavy (non-hydrogen) atoms. The third-order valence-corrected chi connectivity index (χ3v) is 2.49. The quantitative estimate of drug-likeness (QED) is 0.778.